The van der Waals surface area contributed by atoms with E-state index in [9.17, 15) is 28.0 Å². The molecule has 0 saturated carbocycles. The van der Waals surface area contributed by atoms with Crippen molar-refractivity contribution in [3.05, 3.63) is 66.2 Å². The van der Waals surface area contributed by atoms with E-state index in [-0.39, 0.29) is 11.5 Å². The van der Waals surface area contributed by atoms with Crippen molar-refractivity contribution in [2.24, 2.45) is 0 Å². The molecule has 0 spiro atoms. The third-order valence-corrected chi connectivity index (χ3v) is 5.62. The molecule has 8 nitrogen and oxygen atoms in total. The van der Waals surface area contributed by atoms with Crippen LogP contribution in [0.15, 0.2) is 65.6 Å². The average Bonchev–Trinajstić information content (AvgIpc) is 2.66. The highest BCUT2D eigenvalue weighted by molar-refractivity contribution is 7.85. The molecule has 0 aliphatic carbocycles. The third-order valence-electron chi connectivity index (χ3n) is 4.79. The molecule has 0 aliphatic rings. The summed E-state index contributed by atoms with van der Waals surface area (Å²) in [6, 6.07) is 14.8. The van der Waals surface area contributed by atoms with Gasteiger partial charge in [-0.15, -0.1) is 0 Å². The van der Waals surface area contributed by atoms with Crippen molar-refractivity contribution in [2.45, 2.75) is 11.8 Å². The van der Waals surface area contributed by atoms with Crippen molar-refractivity contribution in [2.75, 3.05) is 10.6 Å². The maximum absolute atomic E-state index is 12.4. The molecule has 9 heteroatoms. The zero-order chi connectivity index (χ0) is 22.3. The number of phenols is 2. The summed E-state index contributed by atoms with van der Waals surface area (Å²) in [6.07, 6.45) is 0. The molecule has 0 atom stereocenters. The number of benzene rings is 4. The minimum Gasteiger partial charge on any atom is -0.507 e. The number of aryl methyl sites for hydroxylation is 1. The Kier molecular flexibility index (Phi) is 4.92. The van der Waals surface area contributed by atoms with Gasteiger partial charge in [-0.25, -0.2) is 4.79 Å². The minimum atomic E-state index is -4.50. The van der Waals surface area contributed by atoms with E-state index in [0.29, 0.717) is 27.5 Å². The lowest BCUT2D eigenvalue weighted by Gasteiger charge is -2.11. The van der Waals surface area contributed by atoms with Gasteiger partial charge in [0.25, 0.3) is 10.1 Å². The summed E-state index contributed by atoms with van der Waals surface area (Å²) >= 11 is 0. The molecule has 0 bridgehead atoms. The SMILES string of the molecule is Cc1cc(O)c2ccc(NC(=O)Nc3ccc4c(O)cc(S(=O)(=O)O)cc4c3)cc2c1. The van der Waals surface area contributed by atoms with Gasteiger partial charge in [-0.1, -0.05) is 6.07 Å². The first kappa shape index (κ1) is 20.5. The smallest absolute Gasteiger partial charge is 0.323 e. The first-order chi connectivity index (χ1) is 14.6. The fraction of sp³-hybridized carbons (Fsp3) is 0.0455. The van der Waals surface area contributed by atoms with Crippen LogP contribution in [0.5, 0.6) is 11.5 Å². The Balaban J connectivity index is 1.59. The molecule has 0 unspecified atom stereocenters. The van der Waals surface area contributed by atoms with Crippen LogP contribution < -0.4 is 10.6 Å². The van der Waals surface area contributed by atoms with Crippen LogP contribution in [0.25, 0.3) is 21.5 Å². The summed E-state index contributed by atoms with van der Waals surface area (Å²) in [5, 5.41) is 27.5. The highest BCUT2D eigenvalue weighted by Gasteiger charge is 2.14. The third kappa shape index (κ3) is 4.23. The van der Waals surface area contributed by atoms with Crippen LogP contribution in [0.2, 0.25) is 0 Å². The summed E-state index contributed by atoms with van der Waals surface area (Å²) in [4.78, 5) is 12.0. The molecule has 0 saturated heterocycles. The van der Waals surface area contributed by atoms with Crippen LogP contribution in [-0.4, -0.2) is 29.2 Å². The maximum Gasteiger partial charge on any atom is 0.323 e. The lowest BCUT2D eigenvalue weighted by atomic mass is 10.1. The molecule has 0 fully saturated rings. The van der Waals surface area contributed by atoms with Gasteiger partial charge in [-0.3, -0.25) is 4.55 Å². The molecule has 2 amide bonds. The van der Waals surface area contributed by atoms with Crippen molar-refractivity contribution in [1.82, 2.24) is 0 Å². The van der Waals surface area contributed by atoms with E-state index in [4.69, 9.17) is 0 Å². The molecule has 0 aliphatic heterocycles. The number of rotatable bonds is 3. The van der Waals surface area contributed by atoms with Gasteiger partial charge in [0.1, 0.15) is 11.5 Å². The number of amides is 2. The number of urea groups is 1. The van der Waals surface area contributed by atoms with E-state index in [2.05, 4.69) is 10.6 Å². The summed E-state index contributed by atoms with van der Waals surface area (Å²) in [7, 11) is -4.50. The molecular formula is C22H18N2O6S. The summed E-state index contributed by atoms with van der Waals surface area (Å²) in [5.74, 6) is -0.148. The monoisotopic (exact) mass is 438 g/mol. The minimum absolute atomic E-state index is 0.162. The summed E-state index contributed by atoms with van der Waals surface area (Å²) in [6.45, 7) is 1.86. The number of anilines is 2. The zero-order valence-corrected chi connectivity index (χ0v) is 17.1. The summed E-state index contributed by atoms with van der Waals surface area (Å²) in [5.41, 5.74) is 1.75. The molecule has 0 radical (unpaired) electrons. The fourth-order valence-corrected chi connectivity index (χ4v) is 3.95. The van der Waals surface area contributed by atoms with Crippen molar-refractivity contribution < 1.29 is 28.0 Å². The quantitative estimate of drug-likeness (QED) is 0.297. The topological polar surface area (TPSA) is 136 Å². The molecule has 4 aromatic carbocycles. The van der Waals surface area contributed by atoms with Crippen LogP contribution in [0.4, 0.5) is 16.2 Å². The van der Waals surface area contributed by atoms with Crippen molar-refractivity contribution in [3.8, 4) is 11.5 Å². The average molecular weight is 438 g/mol. The highest BCUT2D eigenvalue weighted by atomic mass is 32.2. The Labute approximate surface area is 177 Å². The van der Waals surface area contributed by atoms with Gasteiger partial charge >= 0.3 is 6.03 Å². The van der Waals surface area contributed by atoms with Crippen LogP contribution >= 0.6 is 0 Å². The van der Waals surface area contributed by atoms with Crippen LogP contribution in [0.3, 0.4) is 0 Å². The zero-order valence-electron chi connectivity index (χ0n) is 16.2. The van der Waals surface area contributed by atoms with Crippen LogP contribution in [0, 0.1) is 6.92 Å². The number of carbonyl (C=O) groups is 1. The van der Waals surface area contributed by atoms with Gasteiger partial charge < -0.3 is 20.8 Å². The largest absolute Gasteiger partial charge is 0.507 e. The van der Waals surface area contributed by atoms with Crippen LogP contribution in [-0.2, 0) is 10.1 Å². The molecule has 4 rings (SSSR count). The van der Waals surface area contributed by atoms with Crippen molar-refractivity contribution >= 4 is 49.1 Å². The van der Waals surface area contributed by atoms with E-state index in [1.807, 2.05) is 13.0 Å². The van der Waals surface area contributed by atoms with Gasteiger partial charge in [0.2, 0.25) is 0 Å². The normalized spacial score (nSPS) is 11.5. The van der Waals surface area contributed by atoms with Crippen LogP contribution in [0.1, 0.15) is 5.56 Å². The second-order valence-corrected chi connectivity index (χ2v) is 8.57. The number of phenolic OH excluding ortho intramolecular Hbond substituents is 2. The summed E-state index contributed by atoms with van der Waals surface area (Å²) < 4.78 is 32.0. The van der Waals surface area contributed by atoms with Gasteiger partial charge in [-0.2, -0.15) is 8.42 Å². The molecular weight excluding hydrogens is 420 g/mol. The van der Waals surface area contributed by atoms with Gasteiger partial charge in [0.05, 0.1) is 4.90 Å². The van der Waals surface area contributed by atoms with E-state index in [1.54, 1.807) is 30.3 Å². The van der Waals surface area contributed by atoms with E-state index in [1.165, 1.54) is 18.2 Å². The molecule has 158 valence electrons. The first-order valence-corrected chi connectivity index (χ1v) is 10.6. The lowest BCUT2D eigenvalue weighted by molar-refractivity contribution is 0.262. The molecule has 31 heavy (non-hydrogen) atoms. The van der Waals surface area contributed by atoms with E-state index in [0.717, 1.165) is 17.0 Å². The Bertz CT molecular complexity index is 1460. The van der Waals surface area contributed by atoms with Gasteiger partial charge in [-0.05, 0) is 71.8 Å². The Hall–Kier alpha value is -3.82. The standard InChI is InChI=1S/C22H18N2O6S/c1-12-6-13-8-15(2-4-18(13)20(25)7-12)23-22(27)24-16-3-5-19-14(9-16)10-17(11-21(19)26)31(28,29)30/h2-11,25-26H,1H3,(H2,23,24,27)(H,28,29,30). The molecule has 0 heterocycles. The molecule has 0 aromatic heterocycles. The van der Waals surface area contributed by atoms with E-state index >= 15 is 0 Å². The second-order valence-electron chi connectivity index (χ2n) is 7.15. The van der Waals surface area contributed by atoms with Crippen molar-refractivity contribution in [1.29, 1.82) is 0 Å². The van der Waals surface area contributed by atoms with Gasteiger partial charge in [0, 0.05) is 28.2 Å². The number of hydrogen-bond acceptors (Lipinski definition) is 5. The first-order valence-electron chi connectivity index (χ1n) is 9.16. The van der Waals surface area contributed by atoms with E-state index < -0.39 is 21.0 Å². The predicted octanol–water partition coefficient (Wildman–Crippen LogP) is 4.60. The Morgan fingerprint density at radius 1 is 0.774 bits per heavy atom. The number of aromatic hydroxyl groups is 2. The Morgan fingerprint density at radius 2 is 1.29 bits per heavy atom. The highest BCUT2D eigenvalue weighted by Crippen LogP contribution is 2.31. The lowest BCUT2D eigenvalue weighted by Crippen LogP contribution is -2.19. The number of nitrogens with one attached hydrogen (secondary N) is 2. The fourth-order valence-electron chi connectivity index (χ4n) is 3.42. The van der Waals surface area contributed by atoms with Gasteiger partial charge in [0.15, 0.2) is 0 Å². The number of hydrogen-bond donors (Lipinski definition) is 5. The Morgan fingerprint density at radius 3 is 1.84 bits per heavy atom. The molecule has 4 aromatic rings. The second kappa shape index (κ2) is 7.46. The van der Waals surface area contributed by atoms with Crippen molar-refractivity contribution in [3.63, 3.8) is 0 Å². The predicted molar refractivity (Wildman–Crippen MR) is 118 cm³/mol. The maximum atomic E-state index is 12.4. The number of carbonyl (C=O) groups excluding carboxylic acids is 1. The number of fused-ring (bicyclic) bond motifs is 2. The molecule has 5 N–H and O–H groups in total.